The molecular formula is C17H13N5OS2. The van der Waals surface area contributed by atoms with E-state index in [0.717, 1.165) is 21.9 Å². The van der Waals surface area contributed by atoms with Crippen molar-refractivity contribution in [3.63, 3.8) is 0 Å². The second kappa shape index (κ2) is 7.04. The largest absolute Gasteiger partial charge is 0.301 e. The number of imidazole rings is 1. The second-order valence-corrected chi connectivity index (χ2v) is 7.03. The average molecular weight is 367 g/mol. The third-order valence-electron chi connectivity index (χ3n) is 3.39. The van der Waals surface area contributed by atoms with E-state index in [1.807, 2.05) is 54.0 Å². The number of fused-ring (bicyclic) bond motifs is 1. The highest BCUT2D eigenvalue weighted by molar-refractivity contribution is 7.99. The van der Waals surface area contributed by atoms with Gasteiger partial charge < -0.3 is 5.32 Å². The zero-order valence-corrected chi connectivity index (χ0v) is 14.6. The minimum atomic E-state index is -0.0996. The van der Waals surface area contributed by atoms with Crippen molar-refractivity contribution < 1.29 is 4.79 Å². The molecule has 4 aromatic rings. The van der Waals surface area contributed by atoms with Crippen LogP contribution in [0.25, 0.3) is 16.9 Å². The van der Waals surface area contributed by atoms with Gasteiger partial charge in [0, 0.05) is 17.1 Å². The first-order valence-electron chi connectivity index (χ1n) is 7.52. The maximum absolute atomic E-state index is 11.9. The van der Waals surface area contributed by atoms with Crippen LogP contribution in [0.4, 0.5) is 5.13 Å². The summed E-state index contributed by atoms with van der Waals surface area (Å²) in [5, 5.41) is 10.5. The van der Waals surface area contributed by atoms with Crippen molar-refractivity contribution in [1.82, 2.24) is 19.6 Å². The maximum Gasteiger partial charge on any atom is 0.236 e. The number of benzene rings is 1. The highest BCUT2D eigenvalue weighted by atomic mass is 32.2. The zero-order valence-electron chi connectivity index (χ0n) is 13.0. The number of hydrogen-bond donors (Lipinski definition) is 1. The predicted octanol–water partition coefficient (Wildman–Crippen LogP) is 3.58. The number of carbonyl (C=O) groups excluding carboxylic acids is 1. The van der Waals surface area contributed by atoms with Crippen molar-refractivity contribution >= 4 is 39.8 Å². The van der Waals surface area contributed by atoms with Crippen molar-refractivity contribution in [2.24, 2.45) is 0 Å². The van der Waals surface area contributed by atoms with Crippen LogP contribution in [0.2, 0.25) is 0 Å². The van der Waals surface area contributed by atoms with Crippen LogP contribution in [0.3, 0.4) is 0 Å². The number of carbonyl (C=O) groups is 1. The molecule has 8 heteroatoms. The van der Waals surface area contributed by atoms with Crippen LogP contribution in [0.15, 0.2) is 65.3 Å². The number of rotatable bonds is 5. The van der Waals surface area contributed by atoms with Gasteiger partial charge in [-0.05, 0) is 12.1 Å². The lowest BCUT2D eigenvalue weighted by Crippen LogP contribution is -2.13. The van der Waals surface area contributed by atoms with Gasteiger partial charge in [0.05, 0.1) is 17.6 Å². The molecule has 0 bridgehead atoms. The molecule has 0 aliphatic heterocycles. The molecule has 0 unspecified atom stereocenters. The first kappa shape index (κ1) is 15.8. The van der Waals surface area contributed by atoms with Crippen LogP contribution in [-0.4, -0.2) is 31.2 Å². The predicted molar refractivity (Wildman–Crippen MR) is 99.9 cm³/mol. The third kappa shape index (κ3) is 3.70. The van der Waals surface area contributed by atoms with E-state index in [2.05, 4.69) is 20.4 Å². The maximum atomic E-state index is 11.9. The quantitative estimate of drug-likeness (QED) is 0.546. The third-order valence-corrected chi connectivity index (χ3v) is 5.00. The van der Waals surface area contributed by atoms with E-state index < -0.39 is 0 Å². The number of thioether (sulfide) groups is 1. The zero-order chi connectivity index (χ0) is 17.1. The average Bonchev–Trinajstić information content (AvgIpc) is 3.29. The molecule has 6 nitrogen and oxygen atoms in total. The van der Waals surface area contributed by atoms with Crippen molar-refractivity contribution in [3.8, 4) is 11.3 Å². The fourth-order valence-corrected chi connectivity index (χ4v) is 3.48. The van der Waals surface area contributed by atoms with E-state index in [-0.39, 0.29) is 11.7 Å². The lowest BCUT2D eigenvalue weighted by Gasteiger charge is -2.02. The van der Waals surface area contributed by atoms with E-state index in [1.54, 1.807) is 10.7 Å². The number of aromatic nitrogens is 4. The molecule has 3 heterocycles. The number of nitrogens with zero attached hydrogens (tertiary/aromatic N) is 4. The molecule has 1 N–H and O–H groups in total. The van der Waals surface area contributed by atoms with Crippen LogP contribution in [0.1, 0.15) is 0 Å². The van der Waals surface area contributed by atoms with Gasteiger partial charge in [-0.25, -0.2) is 14.5 Å². The molecule has 0 aliphatic carbocycles. The Morgan fingerprint density at radius 2 is 2.08 bits per heavy atom. The number of thiazole rings is 1. The van der Waals surface area contributed by atoms with Gasteiger partial charge in [-0.1, -0.05) is 42.1 Å². The Hall–Kier alpha value is -2.71. The lowest BCUT2D eigenvalue weighted by molar-refractivity contribution is -0.113. The van der Waals surface area contributed by atoms with E-state index in [4.69, 9.17) is 0 Å². The minimum Gasteiger partial charge on any atom is -0.301 e. The number of hydrogen-bond acceptors (Lipinski definition) is 6. The summed E-state index contributed by atoms with van der Waals surface area (Å²) in [5.74, 6) is 0.177. The van der Waals surface area contributed by atoms with Crippen LogP contribution < -0.4 is 5.32 Å². The van der Waals surface area contributed by atoms with Gasteiger partial charge in [-0.3, -0.25) is 4.79 Å². The van der Waals surface area contributed by atoms with Crippen molar-refractivity contribution in [2.45, 2.75) is 5.03 Å². The summed E-state index contributed by atoms with van der Waals surface area (Å²) in [4.78, 5) is 20.5. The number of anilines is 1. The summed E-state index contributed by atoms with van der Waals surface area (Å²) in [5.41, 5.74) is 2.69. The Bertz CT molecular complexity index is 999. The van der Waals surface area contributed by atoms with E-state index in [0.29, 0.717) is 5.13 Å². The summed E-state index contributed by atoms with van der Waals surface area (Å²) in [6, 6.07) is 13.7. The van der Waals surface area contributed by atoms with Gasteiger partial charge in [0.25, 0.3) is 0 Å². The van der Waals surface area contributed by atoms with Gasteiger partial charge in [0.15, 0.2) is 10.8 Å². The summed E-state index contributed by atoms with van der Waals surface area (Å²) in [6.45, 7) is 0. The Labute approximate surface area is 151 Å². The Morgan fingerprint density at radius 1 is 1.20 bits per heavy atom. The molecule has 0 radical (unpaired) electrons. The number of nitrogens with one attached hydrogen (secondary N) is 1. The van der Waals surface area contributed by atoms with Crippen LogP contribution >= 0.6 is 23.1 Å². The standard InChI is InChI=1S/C17H13N5OS2/c23-15(20-17-18-8-9-24-17)11-25-16-7-6-14-19-13(10-22(14)21-16)12-4-2-1-3-5-12/h1-10H,11H2,(H,18,20,23). The molecule has 0 atom stereocenters. The summed E-state index contributed by atoms with van der Waals surface area (Å²) in [7, 11) is 0. The normalized spacial score (nSPS) is 10.9. The Morgan fingerprint density at radius 3 is 2.88 bits per heavy atom. The van der Waals surface area contributed by atoms with Gasteiger partial charge in [-0.15, -0.1) is 11.3 Å². The van der Waals surface area contributed by atoms with Gasteiger partial charge in [0.1, 0.15) is 5.03 Å². The Balaban J connectivity index is 1.46. The minimum absolute atomic E-state index is 0.0996. The molecule has 25 heavy (non-hydrogen) atoms. The van der Waals surface area contributed by atoms with E-state index >= 15 is 0 Å². The fraction of sp³-hybridized carbons (Fsp3) is 0.0588. The van der Waals surface area contributed by atoms with E-state index in [9.17, 15) is 4.79 Å². The highest BCUT2D eigenvalue weighted by Gasteiger charge is 2.09. The van der Waals surface area contributed by atoms with Gasteiger partial charge in [0.2, 0.25) is 5.91 Å². The Kier molecular flexibility index (Phi) is 4.45. The van der Waals surface area contributed by atoms with Crippen LogP contribution in [0.5, 0.6) is 0 Å². The van der Waals surface area contributed by atoms with Crippen molar-refractivity contribution in [3.05, 3.63) is 60.2 Å². The summed E-state index contributed by atoms with van der Waals surface area (Å²) in [6.07, 6.45) is 3.55. The number of amides is 1. The van der Waals surface area contributed by atoms with Crippen LogP contribution in [0, 0.1) is 0 Å². The van der Waals surface area contributed by atoms with E-state index in [1.165, 1.54) is 23.1 Å². The van der Waals surface area contributed by atoms with Crippen molar-refractivity contribution in [2.75, 3.05) is 11.1 Å². The molecule has 124 valence electrons. The van der Waals surface area contributed by atoms with Gasteiger partial charge in [-0.2, -0.15) is 5.10 Å². The molecular weight excluding hydrogens is 354 g/mol. The molecule has 0 saturated heterocycles. The molecule has 0 aliphatic rings. The summed E-state index contributed by atoms with van der Waals surface area (Å²) >= 11 is 2.77. The molecule has 0 spiro atoms. The lowest BCUT2D eigenvalue weighted by atomic mass is 10.2. The smallest absolute Gasteiger partial charge is 0.236 e. The van der Waals surface area contributed by atoms with Gasteiger partial charge >= 0.3 is 0 Å². The summed E-state index contributed by atoms with van der Waals surface area (Å²) < 4.78 is 1.74. The molecule has 1 aromatic carbocycles. The molecule has 1 amide bonds. The molecule has 0 fully saturated rings. The molecule has 0 saturated carbocycles. The molecule has 4 rings (SSSR count). The van der Waals surface area contributed by atoms with Crippen LogP contribution in [-0.2, 0) is 4.79 Å². The first-order valence-corrected chi connectivity index (χ1v) is 9.38. The highest BCUT2D eigenvalue weighted by Crippen LogP contribution is 2.21. The second-order valence-electron chi connectivity index (χ2n) is 5.14. The van der Waals surface area contributed by atoms with Crippen molar-refractivity contribution in [1.29, 1.82) is 0 Å². The molecule has 3 aromatic heterocycles. The topological polar surface area (TPSA) is 72.2 Å². The monoisotopic (exact) mass is 367 g/mol. The first-order chi connectivity index (χ1) is 12.3. The SMILES string of the molecule is O=C(CSc1ccc2nc(-c3ccccc3)cn2n1)Nc1nccs1. The fourth-order valence-electron chi connectivity index (χ4n) is 2.27.